The lowest BCUT2D eigenvalue weighted by molar-refractivity contribution is -0.189. The van der Waals surface area contributed by atoms with Crippen molar-refractivity contribution in [2.45, 2.75) is 43.4 Å². The highest BCUT2D eigenvalue weighted by molar-refractivity contribution is 6.31. The Bertz CT molecular complexity index is 911. The van der Waals surface area contributed by atoms with Crippen LogP contribution in [0.4, 0.5) is 0 Å². The largest absolute Gasteiger partial charge is 0.488 e. The first-order chi connectivity index (χ1) is 15.0. The van der Waals surface area contributed by atoms with Gasteiger partial charge in [0.05, 0.1) is 19.8 Å². The van der Waals surface area contributed by atoms with Crippen molar-refractivity contribution in [2.24, 2.45) is 0 Å². The molecule has 2 aliphatic heterocycles. The minimum absolute atomic E-state index is 0.0860. The van der Waals surface area contributed by atoms with Gasteiger partial charge in [-0.1, -0.05) is 35.9 Å². The Kier molecular flexibility index (Phi) is 6.91. The number of aliphatic hydroxyl groups excluding tert-OH is 3. The molecule has 0 aromatic heterocycles. The van der Waals surface area contributed by atoms with Gasteiger partial charge in [0.2, 0.25) is 0 Å². The zero-order valence-corrected chi connectivity index (χ0v) is 17.6. The van der Waals surface area contributed by atoms with E-state index in [4.69, 9.17) is 25.8 Å². The van der Waals surface area contributed by atoms with Crippen molar-refractivity contribution in [3.05, 3.63) is 64.2 Å². The van der Waals surface area contributed by atoms with Crippen molar-refractivity contribution in [1.82, 2.24) is 0 Å². The topological polar surface area (TPSA) is 105 Å². The second-order valence-electron chi connectivity index (χ2n) is 7.84. The van der Waals surface area contributed by atoms with E-state index >= 15 is 0 Å². The molecule has 4 rings (SSSR count). The highest BCUT2D eigenvalue weighted by atomic mass is 35.5. The van der Waals surface area contributed by atoms with Gasteiger partial charge in [-0.2, -0.15) is 0 Å². The molecule has 31 heavy (non-hydrogen) atoms. The Balaban J connectivity index is 1.49. The normalized spacial score (nSPS) is 28.6. The number of ketones is 1. The fourth-order valence-corrected chi connectivity index (χ4v) is 4.04. The van der Waals surface area contributed by atoms with Crippen LogP contribution < -0.4 is 4.74 Å². The zero-order chi connectivity index (χ0) is 22.0. The molecule has 0 aliphatic carbocycles. The smallest absolute Gasteiger partial charge is 0.195 e. The van der Waals surface area contributed by atoms with Crippen molar-refractivity contribution in [1.29, 1.82) is 0 Å². The number of halogens is 1. The summed E-state index contributed by atoms with van der Waals surface area (Å²) in [7, 11) is 0. The minimum Gasteiger partial charge on any atom is -0.488 e. The summed E-state index contributed by atoms with van der Waals surface area (Å²) in [5.74, 6) is 0.0139. The van der Waals surface area contributed by atoms with Gasteiger partial charge in [0.1, 0.15) is 36.3 Å². The molecule has 166 valence electrons. The SMILES string of the molecule is O=C1C(O)[C@@H](CO)O[C@@H](c2ccc(Cl)c(Cc3ccc(O[C@H]4CCOC4)cc3)c2)C1O. The van der Waals surface area contributed by atoms with Crippen LogP contribution in [-0.4, -0.2) is 65.3 Å². The number of carbonyl (C=O) groups excluding carboxylic acids is 1. The van der Waals surface area contributed by atoms with Crippen LogP contribution in [0.15, 0.2) is 42.5 Å². The molecular formula is C23H25ClO7. The van der Waals surface area contributed by atoms with Crippen LogP contribution in [0.5, 0.6) is 5.75 Å². The molecule has 0 amide bonds. The van der Waals surface area contributed by atoms with Crippen LogP contribution in [0.1, 0.15) is 29.2 Å². The third-order valence-corrected chi connectivity index (χ3v) is 6.00. The second kappa shape index (κ2) is 9.65. The van der Waals surface area contributed by atoms with Crippen LogP contribution in [-0.2, 0) is 20.7 Å². The van der Waals surface area contributed by atoms with E-state index in [-0.39, 0.29) is 6.10 Å². The first-order valence-electron chi connectivity index (χ1n) is 10.2. The molecule has 0 saturated carbocycles. The second-order valence-corrected chi connectivity index (χ2v) is 8.25. The van der Waals surface area contributed by atoms with E-state index in [2.05, 4.69) is 0 Å². The van der Waals surface area contributed by atoms with Crippen molar-refractivity contribution < 1.29 is 34.3 Å². The Hall–Kier alpha value is -2.00. The summed E-state index contributed by atoms with van der Waals surface area (Å²) in [5.41, 5.74) is 2.36. The number of carbonyl (C=O) groups is 1. The Morgan fingerprint density at radius 3 is 2.55 bits per heavy atom. The fraction of sp³-hybridized carbons (Fsp3) is 0.435. The predicted molar refractivity (Wildman–Crippen MR) is 112 cm³/mol. The van der Waals surface area contributed by atoms with E-state index in [0.717, 1.165) is 29.9 Å². The molecular weight excluding hydrogens is 424 g/mol. The van der Waals surface area contributed by atoms with Gasteiger partial charge in [-0.3, -0.25) is 4.79 Å². The average molecular weight is 449 g/mol. The van der Waals surface area contributed by atoms with Gasteiger partial charge in [0.25, 0.3) is 0 Å². The highest BCUT2D eigenvalue weighted by Crippen LogP contribution is 2.33. The maximum absolute atomic E-state index is 12.1. The van der Waals surface area contributed by atoms with Gasteiger partial charge in [-0.15, -0.1) is 0 Å². The van der Waals surface area contributed by atoms with Crippen LogP contribution in [0.3, 0.4) is 0 Å². The van der Waals surface area contributed by atoms with Crippen LogP contribution >= 0.6 is 11.6 Å². The quantitative estimate of drug-likeness (QED) is 0.619. The lowest BCUT2D eigenvalue weighted by Gasteiger charge is -2.35. The maximum Gasteiger partial charge on any atom is 0.195 e. The zero-order valence-electron chi connectivity index (χ0n) is 16.8. The Labute approximate surface area is 185 Å². The molecule has 0 bridgehead atoms. The third-order valence-electron chi connectivity index (χ3n) is 5.63. The average Bonchev–Trinajstić information content (AvgIpc) is 3.28. The molecule has 2 heterocycles. The first kappa shape index (κ1) is 22.2. The first-order valence-corrected chi connectivity index (χ1v) is 10.6. The van der Waals surface area contributed by atoms with E-state index in [1.54, 1.807) is 18.2 Å². The van der Waals surface area contributed by atoms with E-state index in [0.29, 0.717) is 23.6 Å². The summed E-state index contributed by atoms with van der Waals surface area (Å²) in [4.78, 5) is 12.1. The van der Waals surface area contributed by atoms with Gasteiger partial charge in [-0.25, -0.2) is 0 Å². The summed E-state index contributed by atoms with van der Waals surface area (Å²) < 4.78 is 16.8. The number of Topliss-reactive ketones (excluding diaryl/α,β-unsaturated/α-hetero) is 1. The van der Waals surface area contributed by atoms with Crippen LogP contribution in [0.2, 0.25) is 5.02 Å². The Morgan fingerprint density at radius 1 is 1.10 bits per heavy atom. The molecule has 2 aliphatic rings. The molecule has 0 radical (unpaired) electrons. The molecule has 7 nitrogen and oxygen atoms in total. The lowest BCUT2D eigenvalue weighted by atomic mass is 9.91. The van der Waals surface area contributed by atoms with Gasteiger partial charge in [0.15, 0.2) is 5.78 Å². The van der Waals surface area contributed by atoms with E-state index in [1.165, 1.54) is 0 Å². The van der Waals surface area contributed by atoms with Crippen molar-refractivity contribution >= 4 is 17.4 Å². The molecule has 5 atom stereocenters. The minimum atomic E-state index is -1.56. The monoisotopic (exact) mass is 448 g/mol. The van der Waals surface area contributed by atoms with E-state index in [9.17, 15) is 20.1 Å². The molecule has 0 spiro atoms. The number of benzene rings is 2. The predicted octanol–water partition coefficient (Wildman–Crippen LogP) is 1.82. The molecule has 8 heteroatoms. The van der Waals surface area contributed by atoms with E-state index in [1.807, 2.05) is 24.3 Å². The highest BCUT2D eigenvalue weighted by Gasteiger charge is 2.43. The van der Waals surface area contributed by atoms with Gasteiger partial charge in [0, 0.05) is 11.4 Å². The maximum atomic E-state index is 12.1. The molecule has 2 fully saturated rings. The number of aliphatic hydroxyl groups is 3. The summed E-state index contributed by atoms with van der Waals surface area (Å²) in [6.07, 6.45) is -3.66. The summed E-state index contributed by atoms with van der Waals surface area (Å²) >= 11 is 6.39. The number of hydrogen-bond acceptors (Lipinski definition) is 7. The molecule has 2 unspecified atom stereocenters. The van der Waals surface area contributed by atoms with Gasteiger partial charge < -0.3 is 29.5 Å². The van der Waals surface area contributed by atoms with Crippen LogP contribution in [0, 0.1) is 0 Å². The van der Waals surface area contributed by atoms with Gasteiger partial charge >= 0.3 is 0 Å². The lowest BCUT2D eigenvalue weighted by Crippen LogP contribution is -2.52. The Morgan fingerprint density at radius 2 is 1.87 bits per heavy atom. The summed E-state index contributed by atoms with van der Waals surface area (Å²) in [6.45, 7) is 0.800. The van der Waals surface area contributed by atoms with Crippen molar-refractivity contribution in [2.75, 3.05) is 19.8 Å². The molecule has 3 N–H and O–H groups in total. The molecule has 2 aromatic rings. The third kappa shape index (κ3) is 4.92. The van der Waals surface area contributed by atoms with E-state index < -0.39 is 36.8 Å². The van der Waals surface area contributed by atoms with Crippen molar-refractivity contribution in [3.63, 3.8) is 0 Å². The van der Waals surface area contributed by atoms with Gasteiger partial charge in [-0.05, 0) is 41.3 Å². The number of rotatable bonds is 6. The standard InChI is InChI=1S/C23H25ClO7/c24-18-6-3-14(23-22(28)21(27)20(26)19(11-25)31-23)10-15(18)9-13-1-4-16(5-2-13)30-17-7-8-29-12-17/h1-6,10,17,19-20,22-23,25-26,28H,7-9,11-12H2/t17-,19+,20?,22?,23-/m0/s1. The molecule has 2 saturated heterocycles. The summed E-state index contributed by atoms with van der Waals surface area (Å²) in [5, 5.41) is 30.1. The number of hydrogen-bond donors (Lipinski definition) is 3. The molecule has 2 aromatic carbocycles. The van der Waals surface area contributed by atoms with Crippen LogP contribution in [0.25, 0.3) is 0 Å². The number of ether oxygens (including phenoxy) is 3. The summed E-state index contributed by atoms with van der Waals surface area (Å²) in [6, 6.07) is 12.9. The fourth-order valence-electron chi connectivity index (χ4n) is 3.86. The van der Waals surface area contributed by atoms with Crippen molar-refractivity contribution in [3.8, 4) is 5.75 Å².